The average molecular weight is 442 g/mol. The summed E-state index contributed by atoms with van der Waals surface area (Å²) in [6.45, 7) is 8.06. The third-order valence-corrected chi connectivity index (χ3v) is 5.57. The molecule has 2 heterocycles. The molecule has 0 saturated heterocycles. The highest BCUT2D eigenvalue weighted by atomic mass is 16.3. The van der Waals surface area contributed by atoms with E-state index in [4.69, 9.17) is 4.42 Å². The van der Waals surface area contributed by atoms with Crippen LogP contribution in [0.25, 0.3) is 0 Å². The van der Waals surface area contributed by atoms with Gasteiger partial charge in [-0.3, -0.25) is 14.4 Å². The van der Waals surface area contributed by atoms with E-state index in [-0.39, 0.29) is 24.8 Å². The SMILES string of the molecule is Cc1cc(C(O)CCNC(=O)C(=O)Nc2ccc3c(c2)N(C(=O)C(C)C)CCC3)c(C)o1. The van der Waals surface area contributed by atoms with Crippen LogP contribution in [-0.4, -0.2) is 35.9 Å². The number of nitrogens with zero attached hydrogens (tertiary/aromatic N) is 1. The van der Waals surface area contributed by atoms with Gasteiger partial charge < -0.3 is 25.1 Å². The van der Waals surface area contributed by atoms with Gasteiger partial charge in [-0.25, -0.2) is 0 Å². The van der Waals surface area contributed by atoms with Crippen LogP contribution in [0, 0.1) is 19.8 Å². The molecule has 2 aromatic rings. The highest BCUT2D eigenvalue weighted by Crippen LogP contribution is 2.31. The van der Waals surface area contributed by atoms with Gasteiger partial charge in [-0.15, -0.1) is 0 Å². The Bertz CT molecular complexity index is 1010. The largest absolute Gasteiger partial charge is 0.466 e. The minimum atomic E-state index is -0.799. The first-order valence-corrected chi connectivity index (χ1v) is 11.0. The van der Waals surface area contributed by atoms with Gasteiger partial charge in [-0.1, -0.05) is 19.9 Å². The number of amides is 3. The highest BCUT2D eigenvalue weighted by molar-refractivity contribution is 6.39. The number of hydrogen-bond donors (Lipinski definition) is 3. The molecule has 3 amide bonds. The van der Waals surface area contributed by atoms with E-state index in [0.717, 1.165) is 24.1 Å². The standard InChI is InChI=1S/C24H31N3O5/c1-14(2)24(31)27-11-5-6-17-7-8-18(13-20(17)27)26-23(30)22(29)25-10-9-21(28)19-12-15(3)32-16(19)4/h7-8,12-14,21,28H,5-6,9-11H2,1-4H3,(H,25,29)(H,26,30). The zero-order chi connectivity index (χ0) is 23.4. The van der Waals surface area contributed by atoms with Crippen molar-refractivity contribution in [2.45, 2.75) is 53.1 Å². The lowest BCUT2D eigenvalue weighted by molar-refractivity contribution is -0.136. The molecule has 1 unspecified atom stereocenters. The molecular formula is C24H31N3O5. The number of furan rings is 1. The Kier molecular flexibility index (Phi) is 7.35. The quantitative estimate of drug-likeness (QED) is 0.597. The van der Waals surface area contributed by atoms with Crippen molar-refractivity contribution < 1.29 is 23.9 Å². The number of benzene rings is 1. The second-order valence-corrected chi connectivity index (χ2v) is 8.47. The molecule has 0 fully saturated rings. The van der Waals surface area contributed by atoms with Crippen LogP contribution in [-0.2, 0) is 20.8 Å². The lowest BCUT2D eigenvalue weighted by atomic mass is 9.99. The summed E-state index contributed by atoms with van der Waals surface area (Å²) >= 11 is 0. The van der Waals surface area contributed by atoms with E-state index in [1.54, 1.807) is 36.9 Å². The maximum atomic E-state index is 12.5. The summed E-state index contributed by atoms with van der Waals surface area (Å²) in [4.78, 5) is 38.8. The van der Waals surface area contributed by atoms with Crippen molar-refractivity contribution in [2.24, 2.45) is 5.92 Å². The van der Waals surface area contributed by atoms with Gasteiger partial charge in [0.1, 0.15) is 11.5 Å². The third kappa shape index (κ3) is 5.37. The van der Waals surface area contributed by atoms with Crippen LogP contribution >= 0.6 is 0 Å². The van der Waals surface area contributed by atoms with Gasteiger partial charge in [-0.2, -0.15) is 0 Å². The molecule has 3 rings (SSSR count). The Balaban J connectivity index is 1.57. The van der Waals surface area contributed by atoms with E-state index in [2.05, 4.69) is 10.6 Å². The van der Waals surface area contributed by atoms with Gasteiger partial charge in [0.15, 0.2) is 0 Å². The molecule has 0 bridgehead atoms. The maximum Gasteiger partial charge on any atom is 0.313 e. The van der Waals surface area contributed by atoms with Crippen molar-refractivity contribution >= 4 is 29.1 Å². The number of nitrogens with one attached hydrogen (secondary N) is 2. The van der Waals surface area contributed by atoms with Gasteiger partial charge in [0, 0.05) is 35.9 Å². The first kappa shape index (κ1) is 23.5. The number of carbonyl (C=O) groups is 3. The summed E-state index contributed by atoms with van der Waals surface area (Å²) in [5.41, 5.74) is 2.96. The van der Waals surface area contributed by atoms with Crippen molar-refractivity contribution in [3.63, 3.8) is 0 Å². The smallest absolute Gasteiger partial charge is 0.313 e. The molecule has 1 aromatic carbocycles. The molecule has 1 aliphatic heterocycles. The van der Waals surface area contributed by atoms with E-state index < -0.39 is 17.9 Å². The Hall–Kier alpha value is -3.13. The van der Waals surface area contributed by atoms with E-state index in [1.807, 2.05) is 19.9 Å². The minimum absolute atomic E-state index is 0.0359. The van der Waals surface area contributed by atoms with Crippen LogP contribution in [0.15, 0.2) is 28.7 Å². The van der Waals surface area contributed by atoms with E-state index >= 15 is 0 Å². The van der Waals surface area contributed by atoms with Crippen molar-refractivity contribution in [1.82, 2.24) is 5.32 Å². The fraction of sp³-hybridized carbons (Fsp3) is 0.458. The molecule has 1 aliphatic rings. The van der Waals surface area contributed by atoms with Crippen LogP contribution in [0.3, 0.4) is 0 Å². The number of anilines is 2. The van der Waals surface area contributed by atoms with Crippen LogP contribution in [0.4, 0.5) is 11.4 Å². The molecule has 0 radical (unpaired) electrons. The van der Waals surface area contributed by atoms with Gasteiger partial charge >= 0.3 is 11.8 Å². The molecule has 0 aliphatic carbocycles. The summed E-state index contributed by atoms with van der Waals surface area (Å²) in [6, 6.07) is 7.13. The molecule has 0 saturated carbocycles. The second-order valence-electron chi connectivity index (χ2n) is 8.47. The summed E-state index contributed by atoms with van der Waals surface area (Å²) in [5, 5.41) is 15.4. The third-order valence-electron chi connectivity index (χ3n) is 5.57. The lowest BCUT2D eigenvalue weighted by Crippen LogP contribution is -2.38. The summed E-state index contributed by atoms with van der Waals surface area (Å²) in [5.74, 6) is -0.337. The second kappa shape index (κ2) is 9.99. The van der Waals surface area contributed by atoms with Gasteiger partial charge in [0.2, 0.25) is 5.91 Å². The average Bonchev–Trinajstić information content (AvgIpc) is 3.10. The molecular weight excluding hydrogens is 410 g/mol. The zero-order valence-electron chi connectivity index (χ0n) is 19.0. The fourth-order valence-electron chi connectivity index (χ4n) is 3.92. The topological polar surface area (TPSA) is 112 Å². The van der Waals surface area contributed by atoms with Crippen molar-refractivity contribution in [1.29, 1.82) is 0 Å². The molecule has 172 valence electrons. The van der Waals surface area contributed by atoms with Crippen LogP contribution in [0.2, 0.25) is 0 Å². The number of carbonyl (C=O) groups excluding carboxylic acids is 3. The summed E-state index contributed by atoms with van der Waals surface area (Å²) < 4.78 is 5.41. The molecule has 1 aromatic heterocycles. The molecule has 8 nitrogen and oxygen atoms in total. The number of rotatable bonds is 6. The van der Waals surface area contributed by atoms with E-state index in [1.165, 1.54) is 0 Å². The normalized spacial score (nSPS) is 14.1. The molecule has 0 spiro atoms. The highest BCUT2D eigenvalue weighted by Gasteiger charge is 2.25. The van der Waals surface area contributed by atoms with Gasteiger partial charge in [0.25, 0.3) is 0 Å². The van der Waals surface area contributed by atoms with E-state index in [9.17, 15) is 19.5 Å². The minimum Gasteiger partial charge on any atom is -0.466 e. The number of aliphatic hydroxyl groups excluding tert-OH is 1. The Labute approximate surface area is 188 Å². The molecule has 32 heavy (non-hydrogen) atoms. The molecule has 8 heteroatoms. The van der Waals surface area contributed by atoms with Crippen LogP contribution in [0.5, 0.6) is 0 Å². The van der Waals surface area contributed by atoms with Crippen molar-refractivity contribution in [2.75, 3.05) is 23.3 Å². The Morgan fingerprint density at radius 1 is 1.16 bits per heavy atom. The van der Waals surface area contributed by atoms with Crippen molar-refractivity contribution in [3.8, 4) is 0 Å². The number of aryl methyl sites for hydroxylation is 3. The van der Waals surface area contributed by atoms with Crippen LogP contribution < -0.4 is 15.5 Å². The predicted molar refractivity (Wildman–Crippen MR) is 121 cm³/mol. The maximum absolute atomic E-state index is 12.5. The van der Waals surface area contributed by atoms with Crippen LogP contribution in [0.1, 0.15) is 55.4 Å². The van der Waals surface area contributed by atoms with Crippen molar-refractivity contribution in [3.05, 3.63) is 46.9 Å². The Morgan fingerprint density at radius 3 is 2.56 bits per heavy atom. The van der Waals surface area contributed by atoms with E-state index in [0.29, 0.717) is 29.3 Å². The lowest BCUT2D eigenvalue weighted by Gasteiger charge is -2.31. The predicted octanol–water partition coefficient (Wildman–Crippen LogP) is 3.01. The zero-order valence-corrected chi connectivity index (χ0v) is 19.0. The molecule has 3 N–H and O–H groups in total. The van der Waals surface area contributed by atoms with Gasteiger partial charge in [-0.05, 0) is 56.9 Å². The first-order chi connectivity index (χ1) is 15.2. The Morgan fingerprint density at radius 2 is 1.91 bits per heavy atom. The first-order valence-electron chi connectivity index (χ1n) is 11.0. The van der Waals surface area contributed by atoms with Gasteiger partial charge in [0.05, 0.1) is 6.10 Å². The number of aliphatic hydroxyl groups is 1. The number of fused-ring (bicyclic) bond motifs is 1. The number of hydrogen-bond acceptors (Lipinski definition) is 5. The molecule has 1 atom stereocenters. The summed E-state index contributed by atoms with van der Waals surface area (Å²) in [6.07, 6.45) is 1.22. The monoisotopic (exact) mass is 441 g/mol. The fourth-order valence-corrected chi connectivity index (χ4v) is 3.92. The summed E-state index contributed by atoms with van der Waals surface area (Å²) in [7, 11) is 0.